The number of aromatic amines is 1. The summed E-state index contributed by atoms with van der Waals surface area (Å²) in [5.74, 6) is 0.422. The zero-order valence-corrected chi connectivity index (χ0v) is 19.7. The first-order valence-electron chi connectivity index (χ1n) is 12.2. The first-order valence-corrected chi connectivity index (χ1v) is 12.2. The van der Waals surface area contributed by atoms with Crippen molar-refractivity contribution < 1.29 is 9.59 Å². The fraction of sp³-hybridized carbons (Fsp3) is 0.429. The van der Waals surface area contributed by atoms with Gasteiger partial charge in [0.2, 0.25) is 11.8 Å². The van der Waals surface area contributed by atoms with Crippen LogP contribution in [0.25, 0.3) is 10.9 Å². The summed E-state index contributed by atoms with van der Waals surface area (Å²) in [4.78, 5) is 29.5. The molecular weight excluding hydrogens is 410 g/mol. The van der Waals surface area contributed by atoms with Crippen LogP contribution in [-0.4, -0.2) is 22.8 Å². The van der Waals surface area contributed by atoms with Crippen molar-refractivity contribution in [2.24, 2.45) is 5.92 Å². The standard InChI is InChI=1S/C28H35N3O2/c1-19-9-8-10-20(2)27(19)31-28(33)25(17-22-18-29-24-14-7-6-13-23(22)24)30-26(32)16-15-21-11-4-3-5-12-21/h6-10,13-14,18,21,25,29H,3-5,11-12,15-17H2,1-2H3,(H,30,32)(H,31,33). The highest BCUT2D eigenvalue weighted by molar-refractivity contribution is 5.99. The summed E-state index contributed by atoms with van der Waals surface area (Å²) in [5, 5.41) is 7.22. The fourth-order valence-corrected chi connectivity index (χ4v) is 5.03. The van der Waals surface area contributed by atoms with E-state index >= 15 is 0 Å². The van der Waals surface area contributed by atoms with E-state index in [-0.39, 0.29) is 11.8 Å². The van der Waals surface area contributed by atoms with E-state index in [0.717, 1.165) is 39.7 Å². The van der Waals surface area contributed by atoms with Gasteiger partial charge in [0.05, 0.1) is 0 Å². The van der Waals surface area contributed by atoms with E-state index in [9.17, 15) is 9.59 Å². The van der Waals surface area contributed by atoms with E-state index in [2.05, 4.69) is 15.6 Å². The van der Waals surface area contributed by atoms with Crippen LogP contribution in [0.15, 0.2) is 48.7 Å². The minimum absolute atomic E-state index is 0.0397. The molecule has 2 amide bonds. The van der Waals surface area contributed by atoms with E-state index in [0.29, 0.717) is 18.8 Å². The molecule has 0 spiro atoms. The van der Waals surface area contributed by atoms with Gasteiger partial charge in [-0.2, -0.15) is 0 Å². The minimum atomic E-state index is -0.637. The van der Waals surface area contributed by atoms with E-state index in [1.807, 2.05) is 62.5 Å². The van der Waals surface area contributed by atoms with Crippen LogP contribution in [0, 0.1) is 19.8 Å². The van der Waals surface area contributed by atoms with Gasteiger partial charge < -0.3 is 15.6 Å². The average molecular weight is 446 g/mol. The number of nitrogens with one attached hydrogen (secondary N) is 3. The smallest absolute Gasteiger partial charge is 0.247 e. The SMILES string of the molecule is Cc1cccc(C)c1NC(=O)C(Cc1c[nH]c2ccccc12)NC(=O)CCC1CCCCC1. The molecule has 1 atom stereocenters. The predicted molar refractivity (Wildman–Crippen MR) is 134 cm³/mol. The highest BCUT2D eigenvalue weighted by Crippen LogP contribution is 2.27. The topological polar surface area (TPSA) is 74.0 Å². The number of para-hydroxylation sites is 2. The Hall–Kier alpha value is -3.08. The summed E-state index contributed by atoms with van der Waals surface area (Å²) in [6.45, 7) is 3.97. The molecule has 1 aromatic heterocycles. The number of hydrogen-bond donors (Lipinski definition) is 3. The Morgan fingerprint density at radius 2 is 1.73 bits per heavy atom. The van der Waals surface area contributed by atoms with E-state index in [1.165, 1.54) is 32.1 Å². The van der Waals surface area contributed by atoms with Crippen LogP contribution in [0.4, 0.5) is 5.69 Å². The van der Waals surface area contributed by atoms with Gasteiger partial charge in [0.15, 0.2) is 0 Å². The van der Waals surface area contributed by atoms with Crippen molar-refractivity contribution >= 4 is 28.4 Å². The number of fused-ring (bicyclic) bond motifs is 1. The van der Waals surface area contributed by atoms with E-state index in [1.54, 1.807) is 0 Å². The molecule has 2 aromatic carbocycles. The average Bonchev–Trinajstić information content (AvgIpc) is 3.23. The van der Waals surface area contributed by atoms with Gasteiger partial charge in [-0.3, -0.25) is 9.59 Å². The summed E-state index contributed by atoms with van der Waals surface area (Å²) in [5.41, 5.74) is 4.91. The monoisotopic (exact) mass is 445 g/mol. The number of carbonyl (C=O) groups excluding carboxylic acids is 2. The quantitative estimate of drug-likeness (QED) is 0.409. The Bertz CT molecular complexity index is 1090. The highest BCUT2D eigenvalue weighted by Gasteiger charge is 2.24. The molecule has 1 saturated carbocycles. The summed E-state index contributed by atoms with van der Waals surface area (Å²) in [6, 6.07) is 13.4. The number of amides is 2. The Labute approximate surface area is 196 Å². The molecule has 1 heterocycles. The van der Waals surface area contributed by atoms with Crippen LogP contribution in [0.3, 0.4) is 0 Å². The van der Waals surface area contributed by atoms with Gasteiger partial charge in [-0.1, -0.05) is 68.5 Å². The van der Waals surface area contributed by atoms with Crippen molar-refractivity contribution in [1.29, 1.82) is 0 Å². The first-order chi connectivity index (χ1) is 16.0. The molecule has 0 saturated heterocycles. The summed E-state index contributed by atoms with van der Waals surface area (Å²) >= 11 is 0. The molecule has 3 N–H and O–H groups in total. The van der Waals surface area contributed by atoms with Crippen molar-refractivity contribution in [2.45, 2.75) is 71.3 Å². The van der Waals surface area contributed by atoms with Crippen LogP contribution < -0.4 is 10.6 Å². The van der Waals surface area contributed by atoms with E-state index in [4.69, 9.17) is 0 Å². The maximum absolute atomic E-state index is 13.4. The lowest BCUT2D eigenvalue weighted by Crippen LogP contribution is -2.45. The number of rotatable bonds is 8. The molecule has 5 heteroatoms. The molecule has 5 nitrogen and oxygen atoms in total. The van der Waals surface area contributed by atoms with Crippen molar-refractivity contribution in [3.05, 3.63) is 65.4 Å². The third kappa shape index (κ3) is 5.84. The Kier molecular flexibility index (Phi) is 7.48. The zero-order chi connectivity index (χ0) is 23.2. The van der Waals surface area contributed by atoms with Crippen molar-refractivity contribution in [3.8, 4) is 0 Å². The van der Waals surface area contributed by atoms with Crippen molar-refractivity contribution in [3.63, 3.8) is 0 Å². The molecule has 33 heavy (non-hydrogen) atoms. The normalized spacial score (nSPS) is 15.3. The Balaban J connectivity index is 1.49. The second-order valence-corrected chi connectivity index (χ2v) is 9.48. The number of benzene rings is 2. The van der Waals surface area contributed by atoms with Gasteiger partial charge >= 0.3 is 0 Å². The maximum atomic E-state index is 13.4. The molecule has 0 bridgehead atoms. The summed E-state index contributed by atoms with van der Waals surface area (Å²) in [6.07, 6.45) is 10.1. The van der Waals surface area contributed by atoms with Crippen molar-refractivity contribution in [2.75, 3.05) is 5.32 Å². The second kappa shape index (κ2) is 10.7. The summed E-state index contributed by atoms with van der Waals surface area (Å²) < 4.78 is 0. The first kappa shape index (κ1) is 23.1. The lowest BCUT2D eigenvalue weighted by atomic mass is 9.86. The molecule has 1 aliphatic carbocycles. The van der Waals surface area contributed by atoms with Crippen LogP contribution in [-0.2, 0) is 16.0 Å². The van der Waals surface area contributed by atoms with Crippen molar-refractivity contribution in [1.82, 2.24) is 10.3 Å². The van der Waals surface area contributed by atoms with Gasteiger partial charge in [0.1, 0.15) is 6.04 Å². The largest absolute Gasteiger partial charge is 0.361 e. The van der Waals surface area contributed by atoms with E-state index < -0.39 is 6.04 Å². The number of anilines is 1. The number of aromatic nitrogens is 1. The van der Waals surface area contributed by atoms with Gasteiger partial charge in [-0.25, -0.2) is 0 Å². The fourth-order valence-electron chi connectivity index (χ4n) is 5.03. The summed E-state index contributed by atoms with van der Waals surface area (Å²) in [7, 11) is 0. The number of H-pyrrole nitrogens is 1. The van der Waals surface area contributed by atoms with Crippen LogP contribution in [0.1, 0.15) is 61.6 Å². The third-order valence-electron chi connectivity index (χ3n) is 6.98. The molecule has 3 aromatic rings. The molecule has 1 aliphatic rings. The third-order valence-corrected chi connectivity index (χ3v) is 6.98. The maximum Gasteiger partial charge on any atom is 0.247 e. The number of aryl methyl sites for hydroxylation is 2. The minimum Gasteiger partial charge on any atom is -0.361 e. The highest BCUT2D eigenvalue weighted by atomic mass is 16.2. The van der Waals surface area contributed by atoms with Crippen LogP contribution in [0.2, 0.25) is 0 Å². The molecule has 0 radical (unpaired) electrons. The molecule has 0 aliphatic heterocycles. The molecule has 174 valence electrons. The van der Waals surface area contributed by atoms with Crippen LogP contribution in [0.5, 0.6) is 0 Å². The lowest BCUT2D eigenvalue weighted by molar-refractivity contribution is -0.126. The van der Waals surface area contributed by atoms with Crippen LogP contribution >= 0.6 is 0 Å². The lowest BCUT2D eigenvalue weighted by Gasteiger charge is -2.23. The molecule has 4 rings (SSSR count). The van der Waals surface area contributed by atoms with Gasteiger partial charge in [0, 0.05) is 35.6 Å². The second-order valence-electron chi connectivity index (χ2n) is 9.48. The zero-order valence-electron chi connectivity index (χ0n) is 19.7. The molecule has 1 fully saturated rings. The predicted octanol–water partition coefficient (Wildman–Crippen LogP) is 5.81. The molecular formula is C28H35N3O2. The Morgan fingerprint density at radius 1 is 1.00 bits per heavy atom. The number of hydrogen-bond acceptors (Lipinski definition) is 2. The molecule has 1 unspecified atom stereocenters. The van der Waals surface area contributed by atoms with Gasteiger partial charge in [0.25, 0.3) is 0 Å². The number of carbonyl (C=O) groups is 2. The van der Waals surface area contributed by atoms with Gasteiger partial charge in [-0.15, -0.1) is 0 Å². The Morgan fingerprint density at radius 3 is 2.48 bits per heavy atom. The van der Waals surface area contributed by atoms with Gasteiger partial charge in [-0.05, 0) is 48.9 Å².